The van der Waals surface area contributed by atoms with Gasteiger partial charge in [0.1, 0.15) is 17.7 Å². The number of hydrogen-bond donors (Lipinski definition) is 1. The minimum Gasteiger partial charge on any atom is -0.444 e. The van der Waals surface area contributed by atoms with Gasteiger partial charge in [-0.2, -0.15) is 5.26 Å². The fourth-order valence-electron chi connectivity index (χ4n) is 5.26. The van der Waals surface area contributed by atoms with Crippen LogP contribution in [0.15, 0.2) is 48.5 Å². The molecule has 1 saturated carbocycles. The molecule has 188 valence electrons. The number of carbonyl (C=O) groups is 3. The summed E-state index contributed by atoms with van der Waals surface area (Å²) in [5.41, 5.74) is 2.94. The highest BCUT2D eigenvalue weighted by Crippen LogP contribution is 2.43. The number of likely N-dealkylation sites (tertiary alicyclic amines) is 1. The molecule has 4 rings (SSSR count). The van der Waals surface area contributed by atoms with Crippen molar-refractivity contribution >= 4 is 17.8 Å². The predicted molar refractivity (Wildman–Crippen MR) is 136 cm³/mol. The number of piperidine rings is 1. The Labute approximate surface area is 212 Å². The van der Waals surface area contributed by atoms with Crippen molar-refractivity contribution in [3.05, 3.63) is 59.7 Å². The van der Waals surface area contributed by atoms with Gasteiger partial charge in [-0.05, 0) is 69.6 Å². The molecular formula is C29H33N3O4. The quantitative estimate of drug-likeness (QED) is 0.585. The predicted octanol–water partition coefficient (Wildman–Crippen LogP) is 4.90. The average Bonchev–Trinajstić information content (AvgIpc) is 3.45. The molecule has 36 heavy (non-hydrogen) atoms. The molecule has 1 N–H and O–H groups in total. The first kappa shape index (κ1) is 25.4. The molecule has 4 unspecified atom stereocenters. The van der Waals surface area contributed by atoms with Crippen LogP contribution in [-0.4, -0.2) is 46.4 Å². The molecular weight excluding hydrogens is 454 g/mol. The molecule has 1 aliphatic heterocycles. The number of ether oxygens (including phenoxy) is 1. The lowest BCUT2D eigenvalue weighted by Gasteiger charge is -2.35. The van der Waals surface area contributed by atoms with Crippen LogP contribution in [0.3, 0.4) is 0 Å². The van der Waals surface area contributed by atoms with Gasteiger partial charge in [0.15, 0.2) is 5.78 Å². The monoisotopic (exact) mass is 487 g/mol. The summed E-state index contributed by atoms with van der Waals surface area (Å²) < 4.78 is 5.57. The van der Waals surface area contributed by atoms with Crippen molar-refractivity contribution in [3.8, 4) is 17.2 Å². The molecule has 0 radical (unpaired) electrons. The lowest BCUT2D eigenvalue weighted by atomic mass is 9.97. The summed E-state index contributed by atoms with van der Waals surface area (Å²) >= 11 is 0. The van der Waals surface area contributed by atoms with Gasteiger partial charge in [0.25, 0.3) is 0 Å². The third-order valence-electron chi connectivity index (χ3n) is 6.95. The number of ketones is 1. The Hall–Kier alpha value is -3.66. The largest absolute Gasteiger partial charge is 0.444 e. The van der Waals surface area contributed by atoms with E-state index in [0.717, 1.165) is 36.0 Å². The zero-order chi connectivity index (χ0) is 26.0. The number of Topliss-reactive ketones (excluding diaryl/α,β-unsaturated/α-hetero) is 1. The zero-order valence-corrected chi connectivity index (χ0v) is 21.3. The minimum absolute atomic E-state index is 0.0122. The Bertz CT molecular complexity index is 1170. The van der Waals surface area contributed by atoms with Gasteiger partial charge in [0.2, 0.25) is 5.91 Å². The van der Waals surface area contributed by atoms with Gasteiger partial charge >= 0.3 is 6.09 Å². The molecule has 0 aromatic heterocycles. The summed E-state index contributed by atoms with van der Waals surface area (Å²) in [6.07, 6.45) is 2.46. The second-order valence-corrected chi connectivity index (χ2v) is 10.8. The fourth-order valence-corrected chi connectivity index (χ4v) is 5.26. The maximum atomic E-state index is 13.3. The summed E-state index contributed by atoms with van der Waals surface area (Å²) in [5, 5.41) is 12.6. The smallest absolute Gasteiger partial charge is 0.411 e. The number of amides is 2. The van der Waals surface area contributed by atoms with Crippen LogP contribution >= 0.6 is 0 Å². The number of hydrogen-bond acceptors (Lipinski definition) is 5. The van der Waals surface area contributed by atoms with E-state index in [9.17, 15) is 19.6 Å². The Balaban J connectivity index is 1.41. The molecule has 1 saturated heterocycles. The fraction of sp³-hybridized carbons (Fsp3) is 0.448. The van der Waals surface area contributed by atoms with Gasteiger partial charge in [-0.25, -0.2) is 4.79 Å². The molecule has 2 bridgehead atoms. The summed E-state index contributed by atoms with van der Waals surface area (Å²) in [7, 11) is 0. The Kier molecular flexibility index (Phi) is 7.16. The number of nitrogens with one attached hydrogen (secondary N) is 1. The highest BCUT2D eigenvalue weighted by Gasteiger charge is 2.52. The van der Waals surface area contributed by atoms with Crippen LogP contribution in [0.5, 0.6) is 0 Å². The van der Waals surface area contributed by atoms with E-state index in [1.165, 1.54) is 0 Å². The SMILES string of the molecule is CC(=O)c1ccc(-c2ccc(CC(C#N)NC(=O)C3C4CCC(C4)N3C(=O)OC(C)(C)C)cc2)cc1. The van der Waals surface area contributed by atoms with E-state index in [1.807, 2.05) is 69.3 Å². The molecule has 1 heterocycles. The Morgan fingerprint density at radius 1 is 1.06 bits per heavy atom. The van der Waals surface area contributed by atoms with Crippen LogP contribution in [0, 0.1) is 17.2 Å². The van der Waals surface area contributed by atoms with Crippen molar-refractivity contribution in [2.75, 3.05) is 0 Å². The van der Waals surface area contributed by atoms with Crippen LogP contribution in [0.2, 0.25) is 0 Å². The number of nitriles is 1. The van der Waals surface area contributed by atoms with Crippen molar-refractivity contribution in [2.45, 2.75) is 77.1 Å². The first-order chi connectivity index (χ1) is 17.1. The van der Waals surface area contributed by atoms with Crippen molar-refractivity contribution in [2.24, 2.45) is 5.92 Å². The normalized spacial score (nSPS) is 21.5. The first-order valence-electron chi connectivity index (χ1n) is 12.5. The van der Waals surface area contributed by atoms with Crippen molar-refractivity contribution in [1.82, 2.24) is 10.2 Å². The standard InChI is InChI=1S/C29H33N3O4/c1-18(33)20-9-11-22(12-10-20)21-7-5-19(6-8-21)15-24(17-30)31-27(34)26-23-13-14-25(16-23)32(26)28(35)36-29(2,3)4/h5-12,23-26H,13-16H2,1-4H3,(H,31,34). The topological polar surface area (TPSA) is 99.5 Å². The number of fused-ring (bicyclic) bond motifs is 2. The molecule has 0 spiro atoms. The lowest BCUT2D eigenvalue weighted by molar-refractivity contribution is -0.128. The van der Waals surface area contributed by atoms with Crippen molar-refractivity contribution in [1.29, 1.82) is 5.26 Å². The van der Waals surface area contributed by atoms with Gasteiger partial charge in [0.05, 0.1) is 6.07 Å². The van der Waals surface area contributed by atoms with Crippen LogP contribution in [-0.2, 0) is 16.0 Å². The first-order valence-corrected chi connectivity index (χ1v) is 12.5. The molecule has 7 heteroatoms. The van der Waals surface area contributed by atoms with E-state index in [1.54, 1.807) is 11.8 Å². The molecule has 2 aromatic carbocycles. The van der Waals surface area contributed by atoms with Gasteiger partial charge in [-0.1, -0.05) is 48.5 Å². The zero-order valence-electron chi connectivity index (χ0n) is 21.3. The maximum absolute atomic E-state index is 13.3. The van der Waals surface area contributed by atoms with Gasteiger partial charge in [-0.3, -0.25) is 14.5 Å². The van der Waals surface area contributed by atoms with Crippen LogP contribution in [0.4, 0.5) is 4.79 Å². The van der Waals surface area contributed by atoms with Crippen LogP contribution < -0.4 is 5.32 Å². The van der Waals surface area contributed by atoms with Crippen LogP contribution in [0.1, 0.15) is 62.9 Å². The van der Waals surface area contributed by atoms with Gasteiger partial charge in [0, 0.05) is 18.0 Å². The second-order valence-electron chi connectivity index (χ2n) is 10.8. The van der Waals surface area contributed by atoms with Gasteiger partial charge in [-0.15, -0.1) is 0 Å². The minimum atomic E-state index is -0.710. The van der Waals surface area contributed by atoms with E-state index in [-0.39, 0.29) is 23.7 Å². The molecule has 2 aliphatic rings. The number of benzene rings is 2. The number of nitrogens with zero attached hydrogens (tertiary/aromatic N) is 2. The van der Waals surface area contributed by atoms with E-state index in [0.29, 0.717) is 12.0 Å². The molecule has 2 aromatic rings. The summed E-state index contributed by atoms with van der Waals surface area (Å²) in [4.78, 5) is 39.2. The Morgan fingerprint density at radius 2 is 1.67 bits per heavy atom. The molecule has 2 fully saturated rings. The lowest BCUT2D eigenvalue weighted by Crippen LogP contribution is -2.55. The number of rotatable bonds is 6. The van der Waals surface area contributed by atoms with Crippen LogP contribution in [0.25, 0.3) is 11.1 Å². The van der Waals surface area contributed by atoms with Crippen molar-refractivity contribution < 1.29 is 19.1 Å². The Morgan fingerprint density at radius 3 is 2.22 bits per heavy atom. The van der Waals surface area contributed by atoms with E-state index >= 15 is 0 Å². The van der Waals surface area contributed by atoms with E-state index < -0.39 is 23.8 Å². The third kappa shape index (κ3) is 5.59. The summed E-state index contributed by atoms with van der Waals surface area (Å²) in [6.45, 7) is 6.98. The van der Waals surface area contributed by atoms with E-state index in [2.05, 4.69) is 11.4 Å². The van der Waals surface area contributed by atoms with Gasteiger partial charge < -0.3 is 10.1 Å². The van der Waals surface area contributed by atoms with Crippen molar-refractivity contribution in [3.63, 3.8) is 0 Å². The summed E-state index contributed by atoms with van der Waals surface area (Å²) in [5.74, 6) is -0.168. The van der Waals surface area contributed by atoms with E-state index in [4.69, 9.17) is 4.74 Å². The third-order valence-corrected chi connectivity index (χ3v) is 6.95. The molecule has 2 amide bonds. The number of carbonyl (C=O) groups excluding carboxylic acids is 3. The maximum Gasteiger partial charge on any atom is 0.411 e. The average molecular weight is 488 g/mol. The summed E-state index contributed by atoms with van der Waals surface area (Å²) in [6, 6.07) is 16.2. The highest BCUT2D eigenvalue weighted by molar-refractivity contribution is 5.94. The molecule has 7 nitrogen and oxygen atoms in total. The second kappa shape index (κ2) is 10.1. The highest BCUT2D eigenvalue weighted by atomic mass is 16.6. The molecule has 1 aliphatic carbocycles. The molecule has 4 atom stereocenters.